The minimum absolute atomic E-state index is 0.142. The van der Waals surface area contributed by atoms with E-state index in [9.17, 15) is 14.4 Å². The lowest BCUT2D eigenvalue weighted by Crippen LogP contribution is -2.51. The van der Waals surface area contributed by atoms with Crippen LogP contribution in [0.4, 0.5) is 5.69 Å². The molecule has 1 aromatic carbocycles. The van der Waals surface area contributed by atoms with E-state index in [1.54, 1.807) is 29.6 Å². The number of nitrogens with one attached hydrogen (secondary N) is 2. The van der Waals surface area contributed by atoms with E-state index in [4.69, 9.17) is 23.2 Å². The molecule has 3 amide bonds. The second-order valence-electron chi connectivity index (χ2n) is 6.54. The van der Waals surface area contributed by atoms with Crippen molar-refractivity contribution in [2.24, 2.45) is 5.92 Å². The van der Waals surface area contributed by atoms with E-state index in [1.165, 1.54) is 29.4 Å². The first-order chi connectivity index (χ1) is 13.2. The zero-order valence-electron chi connectivity index (χ0n) is 15.7. The number of benzene rings is 1. The van der Waals surface area contributed by atoms with Crippen LogP contribution in [0.5, 0.6) is 0 Å². The summed E-state index contributed by atoms with van der Waals surface area (Å²) in [6.45, 7) is 3.50. The molecular weight excluding hydrogens is 421 g/mol. The predicted octanol–water partition coefficient (Wildman–Crippen LogP) is 3.91. The maximum absolute atomic E-state index is 12.8. The number of anilines is 1. The number of thiophene rings is 1. The lowest BCUT2D eigenvalue weighted by Gasteiger charge is -2.26. The highest BCUT2D eigenvalue weighted by Gasteiger charge is 2.28. The van der Waals surface area contributed by atoms with Gasteiger partial charge in [-0.15, -0.1) is 11.3 Å². The molecule has 1 heterocycles. The molecule has 0 radical (unpaired) electrons. The average Bonchev–Trinajstić information content (AvgIpc) is 3.16. The Bertz CT molecular complexity index is 856. The maximum atomic E-state index is 12.8. The molecule has 0 aliphatic rings. The van der Waals surface area contributed by atoms with Crippen molar-refractivity contribution in [3.05, 3.63) is 50.6 Å². The summed E-state index contributed by atoms with van der Waals surface area (Å²) in [5, 5.41) is 7.91. The Kier molecular flexibility index (Phi) is 7.86. The van der Waals surface area contributed by atoms with Gasteiger partial charge in [-0.25, -0.2) is 0 Å². The molecule has 6 nitrogen and oxygen atoms in total. The van der Waals surface area contributed by atoms with Gasteiger partial charge in [0.2, 0.25) is 11.8 Å². The number of hydrogen-bond donors (Lipinski definition) is 2. The van der Waals surface area contributed by atoms with Crippen LogP contribution in [-0.4, -0.2) is 42.3 Å². The molecule has 1 atom stereocenters. The third-order valence-corrected chi connectivity index (χ3v) is 5.53. The Morgan fingerprint density at radius 2 is 1.86 bits per heavy atom. The zero-order valence-corrected chi connectivity index (χ0v) is 18.0. The van der Waals surface area contributed by atoms with Crippen LogP contribution in [0.15, 0.2) is 35.7 Å². The molecule has 150 valence electrons. The molecule has 0 aliphatic heterocycles. The molecule has 9 heteroatoms. The molecular formula is C19H21Cl2N3O3S. The SMILES string of the molecule is CC(C)C(NC(=O)c1cccs1)C(=O)N(C)CC(=O)Nc1ccc(Cl)c(Cl)c1. The Labute approximate surface area is 177 Å². The van der Waals surface area contributed by atoms with Gasteiger partial charge in [0.15, 0.2) is 0 Å². The Morgan fingerprint density at radius 1 is 1.14 bits per heavy atom. The van der Waals surface area contributed by atoms with Gasteiger partial charge >= 0.3 is 0 Å². The molecule has 2 rings (SSSR count). The second-order valence-corrected chi connectivity index (χ2v) is 8.31. The summed E-state index contributed by atoms with van der Waals surface area (Å²) < 4.78 is 0. The molecule has 0 aliphatic carbocycles. The van der Waals surface area contributed by atoms with Crippen molar-refractivity contribution in [1.29, 1.82) is 0 Å². The minimum atomic E-state index is -0.739. The van der Waals surface area contributed by atoms with E-state index < -0.39 is 6.04 Å². The summed E-state index contributed by atoms with van der Waals surface area (Å²) in [5.74, 6) is -1.18. The molecule has 1 aromatic heterocycles. The van der Waals surface area contributed by atoms with Gasteiger partial charge in [0.25, 0.3) is 5.91 Å². The van der Waals surface area contributed by atoms with Crippen molar-refractivity contribution >= 4 is 57.9 Å². The first kappa shape index (κ1) is 22.2. The van der Waals surface area contributed by atoms with Crippen LogP contribution in [0.3, 0.4) is 0 Å². The minimum Gasteiger partial charge on any atom is -0.339 e. The fourth-order valence-electron chi connectivity index (χ4n) is 2.44. The molecule has 28 heavy (non-hydrogen) atoms. The van der Waals surface area contributed by atoms with Gasteiger partial charge in [0.1, 0.15) is 6.04 Å². The first-order valence-corrected chi connectivity index (χ1v) is 10.2. The molecule has 0 saturated carbocycles. The fourth-order valence-corrected chi connectivity index (χ4v) is 3.36. The van der Waals surface area contributed by atoms with Crippen LogP contribution >= 0.6 is 34.5 Å². The number of nitrogens with zero attached hydrogens (tertiary/aromatic N) is 1. The molecule has 0 spiro atoms. The maximum Gasteiger partial charge on any atom is 0.262 e. The Hall–Kier alpha value is -2.09. The second kappa shape index (κ2) is 9.91. The number of likely N-dealkylation sites (N-methyl/N-ethyl adjacent to an activating group) is 1. The number of carbonyl (C=O) groups is 3. The predicted molar refractivity (Wildman–Crippen MR) is 113 cm³/mol. The average molecular weight is 442 g/mol. The summed E-state index contributed by atoms with van der Waals surface area (Å²) >= 11 is 13.1. The Balaban J connectivity index is 1.98. The van der Waals surface area contributed by atoms with Gasteiger partial charge < -0.3 is 15.5 Å². The van der Waals surface area contributed by atoms with Gasteiger partial charge in [-0.2, -0.15) is 0 Å². The van der Waals surface area contributed by atoms with Crippen molar-refractivity contribution < 1.29 is 14.4 Å². The van der Waals surface area contributed by atoms with Crippen LogP contribution in [0.25, 0.3) is 0 Å². The number of amides is 3. The quantitative estimate of drug-likeness (QED) is 0.683. The van der Waals surface area contributed by atoms with E-state index in [1.807, 2.05) is 13.8 Å². The van der Waals surface area contributed by atoms with E-state index in [0.29, 0.717) is 20.6 Å². The largest absolute Gasteiger partial charge is 0.339 e. The van der Waals surface area contributed by atoms with Crippen molar-refractivity contribution in [2.75, 3.05) is 18.9 Å². The lowest BCUT2D eigenvalue weighted by molar-refractivity contribution is -0.135. The number of halogens is 2. The number of carbonyl (C=O) groups excluding carboxylic acids is 3. The molecule has 0 bridgehead atoms. The van der Waals surface area contributed by atoms with Crippen LogP contribution in [0.1, 0.15) is 23.5 Å². The van der Waals surface area contributed by atoms with E-state index >= 15 is 0 Å². The highest BCUT2D eigenvalue weighted by Crippen LogP contribution is 2.25. The molecule has 0 fully saturated rings. The summed E-state index contributed by atoms with van der Waals surface area (Å²) in [4.78, 5) is 39.1. The lowest BCUT2D eigenvalue weighted by atomic mass is 10.0. The first-order valence-electron chi connectivity index (χ1n) is 8.53. The number of hydrogen-bond acceptors (Lipinski definition) is 4. The van der Waals surface area contributed by atoms with E-state index in [-0.39, 0.29) is 30.2 Å². The third-order valence-electron chi connectivity index (χ3n) is 3.92. The van der Waals surface area contributed by atoms with Crippen LogP contribution in [-0.2, 0) is 9.59 Å². The van der Waals surface area contributed by atoms with Crippen molar-refractivity contribution in [2.45, 2.75) is 19.9 Å². The Morgan fingerprint density at radius 3 is 2.43 bits per heavy atom. The smallest absolute Gasteiger partial charge is 0.262 e. The standard InChI is InChI=1S/C19H21Cl2N3O3S/c1-11(2)17(23-18(26)15-5-4-8-28-15)19(27)24(3)10-16(25)22-12-6-7-13(20)14(21)9-12/h4-9,11,17H,10H2,1-3H3,(H,22,25)(H,23,26). The van der Waals surface area contributed by atoms with Gasteiger partial charge in [-0.05, 0) is 35.6 Å². The van der Waals surface area contributed by atoms with E-state index in [0.717, 1.165) is 0 Å². The van der Waals surface area contributed by atoms with Gasteiger partial charge in [0.05, 0.1) is 21.5 Å². The monoisotopic (exact) mass is 441 g/mol. The van der Waals surface area contributed by atoms with Gasteiger partial charge in [-0.3, -0.25) is 14.4 Å². The van der Waals surface area contributed by atoms with E-state index in [2.05, 4.69) is 10.6 Å². The summed E-state index contributed by atoms with van der Waals surface area (Å²) in [7, 11) is 1.52. The topological polar surface area (TPSA) is 78.5 Å². The van der Waals surface area contributed by atoms with Crippen molar-refractivity contribution in [3.8, 4) is 0 Å². The van der Waals surface area contributed by atoms with Crippen LogP contribution < -0.4 is 10.6 Å². The summed E-state index contributed by atoms with van der Waals surface area (Å²) in [6.07, 6.45) is 0. The molecule has 0 saturated heterocycles. The summed E-state index contributed by atoms with van der Waals surface area (Å²) in [5.41, 5.74) is 0.478. The van der Waals surface area contributed by atoms with Gasteiger partial charge in [-0.1, -0.05) is 43.1 Å². The fraction of sp³-hybridized carbons (Fsp3) is 0.316. The zero-order chi connectivity index (χ0) is 20.8. The normalized spacial score (nSPS) is 11.8. The molecule has 2 N–H and O–H groups in total. The third kappa shape index (κ3) is 5.95. The van der Waals surface area contributed by atoms with Crippen LogP contribution in [0.2, 0.25) is 10.0 Å². The molecule has 1 unspecified atom stereocenters. The molecule has 2 aromatic rings. The highest BCUT2D eigenvalue weighted by atomic mass is 35.5. The highest BCUT2D eigenvalue weighted by molar-refractivity contribution is 7.12. The van der Waals surface area contributed by atoms with Crippen LogP contribution in [0, 0.1) is 5.92 Å². The van der Waals surface area contributed by atoms with Crippen molar-refractivity contribution in [3.63, 3.8) is 0 Å². The summed E-state index contributed by atoms with van der Waals surface area (Å²) in [6, 6.07) is 7.44. The van der Waals surface area contributed by atoms with Crippen molar-refractivity contribution in [1.82, 2.24) is 10.2 Å². The number of rotatable bonds is 7. The van der Waals surface area contributed by atoms with Gasteiger partial charge in [0, 0.05) is 12.7 Å².